The number of benzene rings is 1. The van der Waals surface area contributed by atoms with E-state index in [1.165, 1.54) is 22.3 Å². The first-order valence-corrected chi connectivity index (χ1v) is 5.47. The van der Waals surface area contributed by atoms with Gasteiger partial charge in [-0.25, -0.2) is 0 Å². The van der Waals surface area contributed by atoms with E-state index in [2.05, 4.69) is 47.6 Å². The third-order valence-corrected chi connectivity index (χ3v) is 2.74. The van der Waals surface area contributed by atoms with E-state index in [-0.39, 0.29) is 0 Å². The lowest BCUT2D eigenvalue weighted by atomic mass is 10.0. The highest BCUT2D eigenvalue weighted by molar-refractivity contribution is 5.66. The minimum absolute atomic E-state index is 0.832. The summed E-state index contributed by atoms with van der Waals surface area (Å²) in [5.41, 5.74) is 6.12. The standard InChI is InChI=1S/C13H17N3/c1-9-4-5-12(10(2)6-9)13-11(7-14-3)8-15-16-13/h4-6,8,14H,7H2,1-3H3,(H,15,16). The van der Waals surface area contributed by atoms with Crippen LogP contribution in [0.1, 0.15) is 16.7 Å². The lowest BCUT2D eigenvalue weighted by Gasteiger charge is -2.07. The zero-order valence-corrected chi connectivity index (χ0v) is 9.96. The Balaban J connectivity index is 2.46. The molecule has 2 rings (SSSR count). The molecule has 0 spiro atoms. The smallest absolute Gasteiger partial charge is 0.0697 e. The van der Waals surface area contributed by atoms with Crippen LogP contribution in [-0.2, 0) is 6.54 Å². The average molecular weight is 215 g/mol. The van der Waals surface area contributed by atoms with Crippen LogP contribution in [0.4, 0.5) is 0 Å². The minimum Gasteiger partial charge on any atom is -0.316 e. The number of aromatic nitrogens is 2. The highest BCUT2D eigenvalue weighted by Crippen LogP contribution is 2.25. The number of rotatable bonds is 3. The molecule has 2 aromatic rings. The van der Waals surface area contributed by atoms with Crippen molar-refractivity contribution in [3.8, 4) is 11.3 Å². The van der Waals surface area contributed by atoms with Crippen LogP contribution in [0.15, 0.2) is 24.4 Å². The fourth-order valence-corrected chi connectivity index (χ4v) is 1.96. The van der Waals surface area contributed by atoms with Crippen molar-refractivity contribution in [2.75, 3.05) is 7.05 Å². The Kier molecular flexibility index (Phi) is 3.06. The van der Waals surface area contributed by atoms with Crippen molar-refractivity contribution in [1.29, 1.82) is 0 Å². The van der Waals surface area contributed by atoms with Crippen LogP contribution < -0.4 is 5.32 Å². The second-order valence-corrected chi connectivity index (χ2v) is 4.12. The number of aryl methyl sites for hydroxylation is 2. The summed E-state index contributed by atoms with van der Waals surface area (Å²) >= 11 is 0. The van der Waals surface area contributed by atoms with Gasteiger partial charge in [0.15, 0.2) is 0 Å². The van der Waals surface area contributed by atoms with E-state index in [9.17, 15) is 0 Å². The maximum atomic E-state index is 4.12. The first kappa shape index (κ1) is 10.9. The summed E-state index contributed by atoms with van der Waals surface area (Å²) in [6, 6.07) is 6.48. The lowest BCUT2D eigenvalue weighted by Crippen LogP contribution is -2.05. The summed E-state index contributed by atoms with van der Waals surface area (Å²) in [5.74, 6) is 0. The van der Waals surface area contributed by atoms with Gasteiger partial charge < -0.3 is 5.32 Å². The second kappa shape index (κ2) is 4.49. The molecule has 0 aliphatic carbocycles. The molecule has 1 aromatic heterocycles. The first-order chi connectivity index (χ1) is 7.72. The van der Waals surface area contributed by atoms with Crippen molar-refractivity contribution >= 4 is 0 Å². The molecular formula is C13H17N3. The first-order valence-electron chi connectivity index (χ1n) is 5.47. The van der Waals surface area contributed by atoms with Crippen LogP contribution in [-0.4, -0.2) is 17.2 Å². The van der Waals surface area contributed by atoms with Gasteiger partial charge in [0.25, 0.3) is 0 Å². The molecule has 0 aliphatic rings. The molecule has 1 heterocycles. The maximum absolute atomic E-state index is 4.12. The number of nitrogens with zero attached hydrogens (tertiary/aromatic N) is 1. The van der Waals surface area contributed by atoms with Crippen molar-refractivity contribution in [1.82, 2.24) is 15.5 Å². The largest absolute Gasteiger partial charge is 0.316 e. The molecule has 0 amide bonds. The van der Waals surface area contributed by atoms with E-state index in [0.29, 0.717) is 0 Å². The zero-order chi connectivity index (χ0) is 11.5. The molecule has 2 N–H and O–H groups in total. The fourth-order valence-electron chi connectivity index (χ4n) is 1.96. The predicted octanol–water partition coefficient (Wildman–Crippen LogP) is 2.41. The van der Waals surface area contributed by atoms with E-state index in [1.54, 1.807) is 0 Å². The third-order valence-electron chi connectivity index (χ3n) is 2.74. The van der Waals surface area contributed by atoms with Gasteiger partial charge in [0.05, 0.1) is 11.9 Å². The maximum Gasteiger partial charge on any atom is 0.0697 e. The van der Waals surface area contributed by atoms with Crippen LogP contribution in [0, 0.1) is 13.8 Å². The molecule has 0 fully saturated rings. The Morgan fingerprint density at radius 2 is 2.12 bits per heavy atom. The Hall–Kier alpha value is -1.61. The molecule has 3 nitrogen and oxygen atoms in total. The second-order valence-electron chi connectivity index (χ2n) is 4.12. The monoisotopic (exact) mass is 215 g/mol. The minimum atomic E-state index is 0.832. The molecular weight excluding hydrogens is 198 g/mol. The molecule has 1 aromatic carbocycles. The molecule has 0 unspecified atom stereocenters. The molecule has 0 aliphatic heterocycles. The molecule has 0 bridgehead atoms. The molecule has 84 valence electrons. The van der Waals surface area contributed by atoms with Crippen LogP contribution in [0.25, 0.3) is 11.3 Å². The van der Waals surface area contributed by atoms with E-state index in [4.69, 9.17) is 0 Å². The highest BCUT2D eigenvalue weighted by atomic mass is 15.1. The van der Waals surface area contributed by atoms with E-state index in [1.807, 2.05) is 13.2 Å². The van der Waals surface area contributed by atoms with Gasteiger partial charge in [-0.2, -0.15) is 5.10 Å². The molecule has 0 saturated heterocycles. The number of nitrogens with one attached hydrogen (secondary N) is 2. The van der Waals surface area contributed by atoms with Crippen molar-refractivity contribution in [3.63, 3.8) is 0 Å². The number of hydrogen-bond acceptors (Lipinski definition) is 2. The zero-order valence-electron chi connectivity index (χ0n) is 9.96. The summed E-state index contributed by atoms with van der Waals surface area (Å²) in [6.45, 7) is 5.07. The average Bonchev–Trinajstić information content (AvgIpc) is 2.67. The fraction of sp³-hybridized carbons (Fsp3) is 0.308. The number of hydrogen-bond donors (Lipinski definition) is 2. The van der Waals surface area contributed by atoms with Gasteiger partial charge in [-0.3, -0.25) is 5.10 Å². The van der Waals surface area contributed by atoms with Gasteiger partial charge in [0.2, 0.25) is 0 Å². The Morgan fingerprint density at radius 1 is 1.31 bits per heavy atom. The van der Waals surface area contributed by atoms with Gasteiger partial charge in [0, 0.05) is 17.7 Å². The van der Waals surface area contributed by atoms with Crippen LogP contribution in [0.5, 0.6) is 0 Å². The van der Waals surface area contributed by atoms with Crippen LogP contribution in [0.3, 0.4) is 0 Å². The molecule has 16 heavy (non-hydrogen) atoms. The molecule has 3 heteroatoms. The predicted molar refractivity (Wildman–Crippen MR) is 66.3 cm³/mol. The Labute approximate surface area is 95.9 Å². The quantitative estimate of drug-likeness (QED) is 0.825. The van der Waals surface area contributed by atoms with E-state index >= 15 is 0 Å². The SMILES string of the molecule is CNCc1cn[nH]c1-c1ccc(C)cc1C. The van der Waals surface area contributed by atoms with Gasteiger partial charge >= 0.3 is 0 Å². The van der Waals surface area contributed by atoms with Crippen LogP contribution >= 0.6 is 0 Å². The van der Waals surface area contributed by atoms with E-state index < -0.39 is 0 Å². The van der Waals surface area contributed by atoms with Gasteiger partial charge in [-0.05, 0) is 26.5 Å². The van der Waals surface area contributed by atoms with Crippen molar-refractivity contribution < 1.29 is 0 Å². The van der Waals surface area contributed by atoms with E-state index in [0.717, 1.165) is 12.2 Å². The molecule has 0 radical (unpaired) electrons. The topological polar surface area (TPSA) is 40.7 Å². The van der Waals surface area contributed by atoms with Crippen molar-refractivity contribution in [2.24, 2.45) is 0 Å². The summed E-state index contributed by atoms with van der Waals surface area (Å²) in [7, 11) is 1.94. The summed E-state index contributed by atoms with van der Waals surface area (Å²) < 4.78 is 0. The Morgan fingerprint density at radius 3 is 2.81 bits per heavy atom. The number of aromatic amines is 1. The summed E-state index contributed by atoms with van der Waals surface area (Å²) in [6.07, 6.45) is 1.88. The van der Waals surface area contributed by atoms with Gasteiger partial charge in [-0.1, -0.05) is 23.8 Å². The van der Waals surface area contributed by atoms with Crippen molar-refractivity contribution in [3.05, 3.63) is 41.1 Å². The van der Waals surface area contributed by atoms with Gasteiger partial charge in [-0.15, -0.1) is 0 Å². The third kappa shape index (κ3) is 1.99. The summed E-state index contributed by atoms with van der Waals surface area (Å²) in [5, 5.41) is 10.3. The number of H-pyrrole nitrogens is 1. The Bertz CT molecular complexity index is 486. The molecule has 0 saturated carbocycles. The summed E-state index contributed by atoms with van der Waals surface area (Å²) in [4.78, 5) is 0. The van der Waals surface area contributed by atoms with Gasteiger partial charge in [0.1, 0.15) is 0 Å². The normalized spacial score (nSPS) is 10.7. The van der Waals surface area contributed by atoms with Crippen LogP contribution in [0.2, 0.25) is 0 Å². The molecule has 0 atom stereocenters. The highest BCUT2D eigenvalue weighted by Gasteiger charge is 2.09. The lowest BCUT2D eigenvalue weighted by molar-refractivity contribution is 0.820. The van der Waals surface area contributed by atoms with Crippen molar-refractivity contribution in [2.45, 2.75) is 20.4 Å².